The first-order valence-corrected chi connectivity index (χ1v) is 11.9. The molecule has 11 heteroatoms. The highest BCUT2D eigenvalue weighted by Gasteiger charge is 2.20. The minimum absolute atomic E-state index is 0.0770. The number of carbonyl (C=O) groups is 2. The van der Waals surface area contributed by atoms with E-state index in [-0.39, 0.29) is 28.7 Å². The van der Waals surface area contributed by atoms with E-state index in [4.69, 9.17) is 18.9 Å². The average Bonchev–Trinajstić information content (AvgIpc) is 2.81. The first-order chi connectivity index (χ1) is 16.0. The molecule has 0 atom stereocenters. The highest BCUT2D eigenvalue weighted by Crippen LogP contribution is 2.33. The fraction of sp³-hybridized carbons (Fsp3) is 0.391. The van der Waals surface area contributed by atoms with Crippen molar-refractivity contribution in [1.82, 2.24) is 4.72 Å². The van der Waals surface area contributed by atoms with Gasteiger partial charge in [-0.05, 0) is 36.6 Å². The Morgan fingerprint density at radius 2 is 1.62 bits per heavy atom. The zero-order chi connectivity index (χ0) is 25.5. The number of hydrogen-bond donors (Lipinski definition) is 2. The zero-order valence-electron chi connectivity index (χ0n) is 20.1. The molecule has 0 aliphatic rings. The van der Waals surface area contributed by atoms with Crippen LogP contribution in [0.4, 0.5) is 5.69 Å². The number of hydrogen-bond acceptors (Lipinski definition) is 8. The molecule has 0 spiro atoms. The molecule has 10 nitrogen and oxygen atoms in total. The maximum Gasteiger partial charge on any atom is 0.340 e. The lowest BCUT2D eigenvalue weighted by atomic mass is 10.1. The van der Waals surface area contributed by atoms with Crippen molar-refractivity contribution in [3.8, 4) is 17.2 Å². The number of methoxy groups -OCH3 is 3. The molecule has 0 aliphatic heterocycles. The molecule has 1 amide bonds. The molecule has 34 heavy (non-hydrogen) atoms. The van der Waals surface area contributed by atoms with E-state index in [0.29, 0.717) is 29.4 Å². The van der Waals surface area contributed by atoms with Crippen molar-refractivity contribution < 1.29 is 37.0 Å². The summed E-state index contributed by atoms with van der Waals surface area (Å²) in [7, 11) is 0.423. The van der Waals surface area contributed by atoms with Gasteiger partial charge in [0.05, 0.1) is 37.5 Å². The molecule has 0 aromatic heterocycles. The normalized spacial score (nSPS) is 11.1. The third kappa shape index (κ3) is 6.84. The van der Waals surface area contributed by atoms with E-state index in [9.17, 15) is 18.0 Å². The van der Waals surface area contributed by atoms with Crippen LogP contribution in [0.2, 0.25) is 0 Å². The van der Waals surface area contributed by atoms with Gasteiger partial charge < -0.3 is 24.3 Å². The van der Waals surface area contributed by atoms with Crippen molar-refractivity contribution in [3.05, 3.63) is 41.5 Å². The summed E-state index contributed by atoms with van der Waals surface area (Å²) >= 11 is 0. The minimum Gasteiger partial charge on any atom is -0.493 e. The molecule has 186 valence electrons. The van der Waals surface area contributed by atoms with Gasteiger partial charge in [0.15, 0.2) is 18.1 Å². The van der Waals surface area contributed by atoms with Crippen molar-refractivity contribution in [2.75, 3.05) is 39.8 Å². The standard InChI is InChI=1S/C23H30N2O8S/c1-14(2)12-24-34(28,29)16-7-8-19(15(3)9-16)33-13-22(26)25-18-11-21(31-5)20(30-4)10-17(18)23(27)32-6/h7-11,14,24H,12-13H2,1-6H3,(H,25,26). The van der Waals surface area contributed by atoms with E-state index in [0.717, 1.165) is 0 Å². The average molecular weight is 495 g/mol. The topological polar surface area (TPSA) is 129 Å². The monoisotopic (exact) mass is 494 g/mol. The fourth-order valence-electron chi connectivity index (χ4n) is 2.90. The van der Waals surface area contributed by atoms with Gasteiger partial charge in [0.1, 0.15) is 5.75 Å². The number of esters is 1. The van der Waals surface area contributed by atoms with Crippen molar-refractivity contribution in [2.24, 2.45) is 5.92 Å². The number of ether oxygens (including phenoxy) is 4. The van der Waals surface area contributed by atoms with Crippen molar-refractivity contribution in [3.63, 3.8) is 0 Å². The van der Waals surface area contributed by atoms with Crippen LogP contribution in [0.25, 0.3) is 0 Å². The van der Waals surface area contributed by atoms with Crippen molar-refractivity contribution in [1.29, 1.82) is 0 Å². The molecule has 2 aromatic rings. The third-order valence-corrected chi connectivity index (χ3v) is 6.12. The number of anilines is 1. The van der Waals surface area contributed by atoms with Gasteiger partial charge in [0.2, 0.25) is 10.0 Å². The van der Waals surface area contributed by atoms with Gasteiger partial charge >= 0.3 is 5.97 Å². The molecule has 0 heterocycles. The Kier molecular flexibility index (Phi) is 9.28. The minimum atomic E-state index is -3.65. The molecular weight excluding hydrogens is 464 g/mol. The quantitative estimate of drug-likeness (QED) is 0.456. The van der Waals surface area contributed by atoms with E-state index in [1.54, 1.807) is 6.92 Å². The van der Waals surface area contributed by atoms with E-state index < -0.39 is 21.9 Å². The number of amides is 1. The lowest BCUT2D eigenvalue weighted by Crippen LogP contribution is -2.27. The molecule has 0 saturated carbocycles. The Hall–Kier alpha value is -3.31. The van der Waals surface area contributed by atoms with Gasteiger partial charge in [-0.15, -0.1) is 0 Å². The van der Waals surface area contributed by atoms with Crippen LogP contribution in [0.5, 0.6) is 17.2 Å². The Morgan fingerprint density at radius 3 is 2.18 bits per heavy atom. The molecule has 0 saturated heterocycles. The predicted molar refractivity (Wildman–Crippen MR) is 126 cm³/mol. The van der Waals surface area contributed by atoms with E-state index >= 15 is 0 Å². The van der Waals surface area contributed by atoms with Crippen LogP contribution < -0.4 is 24.2 Å². The van der Waals surface area contributed by atoms with Gasteiger partial charge in [-0.1, -0.05) is 13.8 Å². The number of rotatable bonds is 11. The van der Waals surface area contributed by atoms with Gasteiger partial charge in [0.25, 0.3) is 5.91 Å². The molecule has 0 unspecified atom stereocenters. The van der Waals surface area contributed by atoms with Crippen LogP contribution in [0, 0.1) is 12.8 Å². The third-order valence-electron chi connectivity index (χ3n) is 4.70. The lowest BCUT2D eigenvalue weighted by Gasteiger charge is -2.15. The molecule has 0 bridgehead atoms. The maximum atomic E-state index is 12.5. The van der Waals surface area contributed by atoms with Crippen LogP contribution in [-0.4, -0.2) is 54.8 Å². The fourth-order valence-corrected chi connectivity index (χ4v) is 4.20. The number of aryl methyl sites for hydroxylation is 1. The second-order valence-electron chi connectivity index (χ2n) is 7.75. The Balaban J connectivity index is 2.14. The number of carbonyl (C=O) groups excluding carboxylic acids is 2. The van der Waals surface area contributed by atoms with E-state index in [1.165, 1.54) is 51.7 Å². The maximum absolute atomic E-state index is 12.5. The summed E-state index contributed by atoms with van der Waals surface area (Å²) in [5.74, 6) is -0.0976. The van der Waals surface area contributed by atoms with E-state index in [2.05, 4.69) is 10.0 Å². The van der Waals surface area contributed by atoms with Gasteiger partial charge in [-0.2, -0.15) is 0 Å². The summed E-state index contributed by atoms with van der Waals surface area (Å²) in [6.07, 6.45) is 0. The molecule has 0 aliphatic carbocycles. The predicted octanol–water partition coefficient (Wildman–Crippen LogP) is 2.75. The van der Waals surface area contributed by atoms with Crippen LogP contribution in [0.1, 0.15) is 29.8 Å². The summed E-state index contributed by atoms with van der Waals surface area (Å²) in [5, 5.41) is 2.60. The summed E-state index contributed by atoms with van der Waals surface area (Å²) in [4.78, 5) is 24.8. The van der Waals surface area contributed by atoms with Crippen LogP contribution in [-0.2, 0) is 19.6 Å². The SMILES string of the molecule is COC(=O)c1cc(OC)c(OC)cc1NC(=O)COc1ccc(S(=O)(=O)NCC(C)C)cc1C. The highest BCUT2D eigenvalue weighted by molar-refractivity contribution is 7.89. The van der Waals surface area contributed by atoms with Crippen LogP contribution >= 0.6 is 0 Å². The molecule has 2 N–H and O–H groups in total. The van der Waals surface area contributed by atoms with Gasteiger partial charge in [0, 0.05) is 18.7 Å². The van der Waals surface area contributed by atoms with Crippen LogP contribution in [0.15, 0.2) is 35.2 Å². The zero-order valence-corrected chi connectivity index (χ0v) is 20.9. The highest BCUT2D eigenvalue weighted by atomic mass is 32.2. The van der Waals surface area contributed by atoms with Gasteiger partial charge in [-0.25, -0.2) is 17.9 Å². The molecule has 2 rings (SSSR count). The Bertz CT molecular complexity index is 1150. The summed E-state index contributed by atoms with van der Waals surface area (Å²) in [5.41, 5.74) is 0.780. The number of nitrogens with one attached hydrogen (secondary N) is 2. The molecular formula is C23H30N2O8S. The number of sulfonamides is 1. The lowest BCUT2D eigenvalue weighted by molar-refractivity contribution is -0.118. The van der Waals surface area contributed by atoms with E-state index in [1.807, 2.05) is 13.8 Å². The van der Waals surface area contributed by atoms with Gasteiger partial charge in [-0.3, -0.25) is 4.79 Å². The summed E-state index contributed by atoms with van der Waals surface area (Å²) in [6, 6.07) is 7.21. The molecule has 0 fully saturated rings. The molecule has 0 radical (unpaired) electrons. The van der Waals surface area contributed by atoms with Crippen molar-refractivity contribution in [2.45, 2.75) is 25.7 Å². The molecule has 2 aromatic carbocycles. The first kappa shape index (κ1) is 26.9. The smallest absolute Gasteiger partial charge is 0.340 e. The number of benzene rings is 2. The first-order valence-electron chi connectivity index (χ1n) is 10.4. The summed E-state index contributed by atoms with van der Waals surface area (Å²) in [6.45, 7) is 5.44. The second-order valence-corrected chi connectivity index (χ2v) is 9.52. The largest absolute Gasteiger partial charge is 0.493 e. The van der Waals surface area contributed by atoms with Crippen LogP contribution in [0.3, 0.4) is 0 Å². The summed E-state index contributed by atoms with van der Waals surface area (Å²) < 4.78 is 48.1. The second kappa shape index (κ2) is 11.7. The Labute approximate surface area is 199 Å². The van der Waals surface area contributed by atoms with Crippen molar-refractivity contribution >= 4 is 27.6 Å². The Morgan fingerprint density at radius 1 is 0.971 bits per heavy atom.